The summed E-state index contributed by atoms with van der Waals surface area (Å²) in [5, 5.41) is 10.3. The first-order valence-corrected chi connectivity index (χ1v) is 8.21. The highest BCUT2D eigenvalue weighted by Crippen LogP contribution is 2.36. The van der Waals surface area contributed by atoms with Crippen LogP contribution in [0.4, 0.5) is 4.39 Å². The highest BCUT2D eigenvalue weighted by molar-refractivity contribution is 6.32. The Balaban J connectivity index is 2.05. The number of fused-ring (bicyclic) bond motifs is 1. The van der Waals surface area contributed by atoms with Gasteiger partial charge >= 0.3 is 0 Å². The minimum Gasteiger partial charge on any atom is -0.493 e. The second-order valence-corrected chi connectivity index (χ2v) is 6.04. The molecule has 1 aromatic heterocycles. The number of carbonyl (C=O) groups excluding carboxylic acids is 1. The summed E-state index contributed by atoms with van der Waals surface area (Å²) in [6, 6.07) is 9.13. The molecular formula is C20H14ClFN2O3. The summed E-state index contributed by atoms with van der Waals surface area (Å²) in [6.07, 6.45) is 2.87. The topological polar surface area (TPSA) is 75.1 Å². The van der Waals surface area contributed by atoms with Gasteiger partial charge in [-0.25, -0.2) is 4.39 Å². The molecule has 0 amide bonds. The number of H-pyrrole nitrogens is 1. The Morgan fingerprint density at radius 2 is 2.04 bits per heavy atom. The smallest absolute Gasteiger partial charge is 0.205 e. The zero-order valence-corrected chi connectivity index (χ0v) is 15.2. The number of ether oxygens (including phenoxy) is 2. The number of aromatic amines is 1. The highest BCUT2D eigenvalue weighted by atomic mass is 35.5. The first-order valence-electron chi connectivity index (χ1n) is 7.83. The van der Waals surface area contributed by atoms with E-state index in [9.17, 15) is 14.4 Å². The molecule has 0 aliphatic heterocycles. The van der Waals surface area contributed by atoms with Gasteiger partial charge in [-0.15, -0.1) is 0 Å². The van der Waals surface area contributed by atoms with E-state index in [1.54, 1.807) is 12.1 Å². The van der Waals surface area contributed by atoms with E-state index in [0.717, 1.165) is 0 Å². The van der Waals surface area contributed by atoms with E-state index in [2.05, 4.69) is 4.98 Å². The molecule has 1 N–H and O–H groups in total. The fourth-order valence-electron chi connectivity index (χ4n) is 2.77. The van der Waals surface area contributed by atoms with Crippen LogP contribution in [0.5, 0.6) is 11.5 Å². The van der Waals surface area contributed by atoms with Crippen molar-refractivity contribution in [2.24, 2.45) is 0 Å². The zero-order chi connectivity index (χ0) is 19.6. The van der Waals surface area contributed by atoms with Crippen molar-refractivity contribution < 1.29 is 18.7 Å². The Morgan fingerprint density at radius 1 is 1.26 bits per heavy atom. The van der Waals surface area contributed by atoms with Crippen LogP contribution in [-0.2, 0) is 0 Å². The van der Waals surface area contributed by atoms with Crippen LogP contribution >= 0.6 is 11.6 Å². The number of halogens is 2. The molecule has 3 aromatic rings. The SMILES string of the molecule is COc1cc(/C=C(\C#N)C(=O)c2c[nH]c3cc(F)ccc23)cc(Cl)c1OC. The number of allylic oxidation sites excluding steroid dienone is 1. The molecule has 0 bridgehead atoms. The molecule has 3 rings (SSSR count). The fourth-order valence-corrected chi connectivity index (χ4v) is 3.06. The summed E-state index contributed by atoms with van der Waals surface area (Å²) >= 11 is 6.17. The Kier molecular flexibility index (Phi) is 5.15. The molecule has 0 saturated heterocycles. The lowest BCUT2D eigenvalue weighted by Gasteiger charge is -2.10. The van der Waals surface area contributed by atoms with Crippen LogP contribution in [0, 0.1) is 17.1 Å². The third-order valence-corrected chi connectivity index (χ3v) is 4.30. The fraction of sp³-hybridized carbons (Fsp3) is 0.100. The lowest BCUT2D eigenvalue weighted by Crippen LogP contribution is -2.01. The number of hydrogen-bond acceptors (Lipinski definition) is 4. The molecule has 5 nitrogen and oxygen atoms in total. The van der Waals surface area contributed by atoms with E-state index >= 15 is 0 Å². The molecule has 0 radical (unpaired) electrons. The third kappa shape index (κ3) is 3.50. The molecule has 7 heteroatoms. The van der Waals surface area contributed by atoms with Crippen LogP contribution in [0.3, 0.4) is 0 Å². The number of ketones is 1. The van der Waals surface area contributed by atoms with Crippen LogP contribution in [0.15, 0.2) is 42.1 Å². The second kappa shape index (κ2) is 7.52. The normalized spacial score (nSPS) is 11.3. The van der Waals surface area contributed by atoms with E-state index in [1.165, 1.54) is 44.7 Å². The molecule has 0 aliphatic rings. The maximum atomic E-state index is 13.3. The van der Waals surface area contributed by atoms with Crippen LogP contribution in [0.2, 0.25) is 5.02 Å². The predicted octanol–water partition coefficient (Wildman–Crippen LogP) is 4.77. The van der Waals surface area contributed by atoms with Crippen molar-refractivity contribution in [1.82, 2.24) is 4.98 Å². The molecule has 2 aromatic carbocycles. The minimum absolute atomic E-state index is 0.0940. The average molecular weight is 385 g/mol. The van der Waals surface area contributed by atoms with Gasteiger partial charge in [0.15, 0.2) is 11.5 Å². The number of hydrogen-bond donors (Lipinski definition) is 1. The van der Waals surface area contributed by atoms with Crippen LogP contribution in [0.25, 0.3) is 17.0 Å². The Morgan fingerprint density at radius 3 is 2.70 bits per heavy atom. The average Bonchev–Trinajstić information content (AvgIpc) is 3.07. The Bertz CT molecular complexity index is 1110. The van der Waals surface area contributed by atoms with Gasteiger partial charge in [0.25, 0.3) is 0 Å². The van der Waals surface area contributed by atoms with Crippen molar-refractivity contribution in [3.05, 3.63) is 64.1 Å². The van der Waals surface area contributed by atoms with Crippen molar-refractivity contribution in [3.63, 3.8) is 0 Å². The molecular weight excluding hydrogens is 371 g/mol. The third-order valence-electron chi connectivity index (χ3n) is 4.02. The highest BCUT2D eigenvalue weighted by Gasteiger charge is 2.18. The van der Waals surface area contributed by atoms with E-state index in [1.807, 2.05) is 6.07 Å². The number of benzene rings is 2. The summed E-state index contributed by atoms with van der Waals surface area (Å²) in [4.78, 5) is 15.6. The zero-order valence-electron chi connectivity index (χ0n) is 14.5. The molecule has 0 unspecified atom stereocenters. The van der Waals surface area contributed by atoms with Crippen molar-refractivity contribution in [2.45, 2.75) is 0 Å². The van der Waals surface area contributed by atoms with Crippen molar-refractivity contribution in [1.29, 1.82) is 5.26 Å². The molecule has 0 aliphatic carbocycles. The van der Waals surface area contributed by atoms with Gasteiger partial charge in [0.2, 0.25) is 5.78 Å². The summed E-state index contributed by atoms with van der Waals surface area (Å²) in [7, 11) is 2.92. The first kappa shape index (κ1) is 18.5. The molecule has 27 heavy (non-hydrogen) atoms. The van der Waals surface area contributed by atoms with Gasteiger partial charge < -0.3 is 14.5 Å². The van der Waals surface area contributed by atoms with Gasteiger partial charge in [-0.2, -0.15) is 5.26 Å². The lowest BCUT2D eigenvalue weighted by molar-refractivity contribution is 0.104. The van der Waals surface area contributed by atoms with E-state index in [0.29, 0.717) is 28.0 Å². The number of nitriles is 1. The predicted molar refractivity (Wildman–Crippen MR) is 101 cm³/mol. The molecule has 0 saturated carbocycles. The molecule has 1 heterocycles. The summed E-state index contributed by atoms with van der Waals surface area (Å²) in [5.74, 6) is -0.163. The number of nitrogens with zero attached hydrogens (tertiary/aromatic N) is 1. The number of nitrogens with one attached hydrogen (secondary N) is 1. The number of aromatic nitrogens is 1. The number of methoxy groups -OCH3 is 2. The number of carbonyl (C=O) groups is 1. The molecule has 0 fully saturated rings. The van der Waals surface area contributed by atoms with Gasteiger partial charge in [0.05, 0.1) is 19.2 Å². The maximum Gasteiger partial charge on any atom is 0.205 e. The van der Waals surface area contributed by atoms with Gasteiger partial charge in [0, 0.05) is 22.7 Å². The minimum atomic E-state index is -0.485. The van der Waals surface area contributed by atoms with Crippen molar-refractivity contribution >= 4 is 34.4 Å². The summed E-state index contributed by atoms with van der Waals surface area (Å²) in [5.41, 5.74) is 1.17. The van der Waals surface area contributed by atoms with Crippen LogP contribution < -0.4 is 9.47 Å². The summed E-state index contributed by atoms with van der Waals surface area (Å²) < 4.78 is 23.7. The number of Topliss-reactive ketones (excluding diaryl/α,β-unsaturated/α-hetero) is 1. The van der Waals surface area contributed by atoms with Crippen LogP contribution in [0.1, 0.15) is 15.9 Å². The molecule has 136 valence electrons. The Labute approximate surface area is 159 Å². The van der Waals surface area contributed by atoms with Crippen LogP contribution in [-0.4, -0.2) is 25.0 Å². The monoisotopic (exact) mass is 384 g/mol. The standard InChI is InChI=1S/C20H14ClFN2O3/c1-26-18-7-11(6-16(21)20(18)27-2)5-12(9-23)19(25)15-10-24-17-8-13(22)3-4-14(15)17/h3-8,10,24H,1-2H3/b12-5+. The largest absolute Gasteiger partial charge is 0.493 e. The second-order valence-electron chi connectivity index (χ2n) is 5.63. The Hall–Kier alpha value is -3.30. The molecule has 0 spiro atoms. The van der Waals surface area contributed by atoms with E-state index < -0.39 is 11.6 Å². The van der Waals surface area contributed by atoms with Gasteiger partial charge in [-0.3, -0.25) is 4.79 Å². The quantitative estimate of drug-likeness (QED) is 0.390. The van der Waals surface area contributed by atoms with Crippen molar-refractivity contribution in [3.8, 4) is 17.6 Å². The number of rotatable bonds is 5. The van der Waals surface area contributed by atoms with E-state index in [4.69, 9.17) is 21.1 Å². The lowest BCUT2D eigenvalue weighted by atomic mass is 10.0. The first-order chi connectivity index (χ1) is 13.0. The van der Waals surface area contributed by atoms with Gasteiger partial charge in [0.1, 0.15) is 17.5 Å². The van der Waals surface area contributed by atoms with Crippen molar-refractivity contribution in [2.75, 3.05) is 14.2 Å². The maximum absolute atomic E-state index is 13.3. The van der Waals surface area contributed by atoms with Gasteiger partial charge in [-0.05, 0) is 42.0 Å². The summed E-state index contributed by atoms with van der Waals surface area (Å²) in [6.45, 7) is 0. The molecule has 0 atom stereocenters. The van der Waals surface area contributed by atoms with E-state index in [-0.39, 0.29) is 16.2 Å². The van der Waals surface area contributed by atoms with Gasteiger partial charge in [-0.1, -0.05) is 11.6 Å².